The molecule has 1 N–H and O–H groups in total. The summed E-state index contributed by atoms with van der Waals surface area (Å²) in [6.45, 7) is 4.15. The number of rotatable bonds is 3. The minimum Gasteiger partial charge on any atom is -0.478 e. The van der Waals surface area contributed by atoms with E-state index in [1.807, 2.05) is 0 Å². The van der Waals surface area contributed by atoms with Crippen LogP contribution in [0.25, 0.3) is 0 Å². The standard InChI is InChI=1S/C13H16O4/c1-6(12(14)15)2-7-3-8-4-9(7)10-5-17-13(16)11(8)10/h7-11H,1-5H2,(H,14,15). The van der Waals surface area contributed by atoms with Crippen molar-refractivity contribution in [3.8, 4) is 0 Å². The molecule has 1 aliphatic heterocycles. The maximum Gasteiger partial charge on any atom is 0.330 e. The molecule has 0 aromatic heterocycles. The van der Waals surface area contributed by atoms with Gasteiger partial charge in [0.05, 0.1) is 12.5 Å². The van der Waals surface area contributed by atoms with Crippen LogP contribution in [0.15, 0.2) is 12.2 Å². The van der Waals surface area contributed by atoms with Gasteiger partial charge in [-0.3, -0.25) is 4.79 Å². The molecule has 2 saturated carbocycles. The van der Waals surface area contributed by atoms with Crippen molar-refractivity contribution in [3.63, 3.8) is 0 Å². The lowest BCUT2D eigenvalue weighted by atomic mass is 9.73. The average Bonchev–Trinajstić information content (AvgIpc) is 2.90. The SMILES string of the molecule is C=C(CC1CC2CC1C1COC(=O)C21)C(=O)O. The zero-order valence-corrected chi connectivity index (χ0v) is 9.59. The maximum absolute atomic E-state index is 11.5. The normalized spacial score (nSPS) is 42.4. The molecule has 3 aliphatic rings. The number of cyclic esters (lactones) is 1. The summed E-state index contributed by atoms with van der Waals surface area (Å²) in [4.78, 5) is 22.3. The van der Waals surface area contributed by atoms with Crippen LogP contribution < -0.4 is 0 Å². The number of carbonyl (C=O) groups excluding carboxylic acids is 1. The first-order chi connectivity index (χ1) is 8.08. The molecular formula is C13H16O4. The summed E-state index contributed by atoms with van der Waals surface area (Å²) < 4.78 is 5.12. The fourth-order valence-corrected chi connectivity index (χ4v) is 4.14. The number of ether oxygens (including phenoxy) is 1. The summed E-state index contributed by atoms with van der Waals surface area (Å²) in [6.07, 6.45) is 2.60. The molecule has 0 radical (unpaired) electrons. The van der Waals surface area contributed by atoms with Crippen molar-refractivity contribution in [1.29, 1.82) is 0 Å². The smallest absolute Gasteiger partial charge is 0.330 e. The lowest BCUT2D eigenvalue weighted by Crippen LogP contribution is -2.29. The predicted molar refractivity (Wildman–Crippen MR) is 59.0 cm³/mol. The highest BCUT2D eigenvalue weighted by Gasteiger charge is 2.58. The van der Waals surface area contributed by atoms with Crippen molar-refractivity contribution < 1.29 is 19.4 Å². The van der Waals surface area contributed by atoms with Gasteiger partial charge in [-0.1, -0.05) is 6.58 Å². The van der Waals surface area contributed by atoms with Crippen LogP contribution in [0.4, 0.5) is 0 Å². The third kappa shape index (κ3) is 1.50. The summed E-state index contributed by atoms with van der Waals surface area (Å²) in [6, 6.07) is 0. The first-order valence-corrected chi connectivity index (χ1v) is 6.15. The van der Waals surface area contributed by atoms with E-state index < -0.39 is 5.97 Å². The monoisotopic (exact) mass is 236 g/mol. The average molecular weight is 236 g/mol. The molecule has 2 bridgehead atoms. The molecule has 0 aromatic carbocycles. The zero-order chi connectivity index (χ0) is 12.2. The van der Waals surface area contributed by atoms with Gasteiger partial charge in [-0.25, -0.2) is 4.79 Å². The lowest BCUT2D eigenvalue weighted by molar-refractivity contribution is -0.142. The Morgan fingerprint density at radius 3 is 2.88 bits per heavy atom. The summed E-state index contributed by atoms with van der Waals surface area (Å²) in [5, 5.41) is 8.86. The van der Waals surface area contributed by atoms with Crippen molar-refractivity contribution >= 4 is 11.9 Å². The van der Waals surface area contributed by atoms with E-state index in [1.54, 1.807) is 0 Å². The van der Waals surface area contributed by atoms with Crippen LogP contribution in [0.3, 0.4) is 0 Å². The Morgan fingerprint density at radius 1 is 1.41 bits per heavy atom. The summed E-state index contributed by atoms with van der Waals surface area (Å²) in [7, 11) is 0. The van der Waals surface area contributed by atoms with E-state index in [-0.39, 0.29) is 11.9 Å². The van der Waals surface area contributed by atoms with Crippen LogP contribution in [0.2, 0.25) is 0 Å². The second kappa shape index (κ2) is 3.59. The molecular weight excluding hydrogens is 220 g/mol. The summed E-state index contributed by atoms with van der Waals surface area (Å²) in [5.74, 6) is 0.793. The summed E-state index contributed by atoms with van der Waals surface area (Å²) in [5.41, 5.74) is 0.296. The van der Waals surface area contributed by atoms with E-state index in [0.717, 1.165) is 12.8 Å². The Labute approximate surface area is 99.6 Å². The number of hydrogen-bond donors (Lipinski definition) is 1. The van der Waals surface area contributed by atoms with Gasteiger partial charge in [-0.15, -0.1) is 0 Å². The number of hydrogen-bond acceptors (Lipinski definition) is 3. The second-order valence-electron chi connectivity index (χ2n) is 5.59. The molecule has 2 aliphatic carbocycles. The van der Waals surface area contributed by atoms with Crippen molar-refractivity contribution in [3.05, 3.63) is 12.2 Å². The van der Waals surface area contributed by atoms with E-state index in [4.69, 9.17) is 9.84 Å². The molecule has 5 unspecified atom stereocenters. The molecule has 0 aromatic rings. The largest absolute Gasteiger partial charge is 0.478 e. The Bertz CT molecular complexity index is 400. The summed E-state index contributed by atoms with van der Waals surface area (Å²) >= 11 is 0. The minimum absolute atomic E-state index is 0.0296. The Morgan fingerprint density at radius 2 is 2.18 bits per heavy atom. The van der Waals surface area contributed by atoms with Gasteiger partial charge >= 0.3 is 11.9 Å². The minimum atomic E-state index is -0.900. The van der Waals surface area contributed by atoms with Gasteiger partial charge in [-0.2, -0.15) is 0 Å². The van der Waals surface area contributed by atoms with Gasteiger partial charge < -0.3 is 9.84 Å². The van der Waals surface area contributed by atoms with Crippen LogP contribution in [0.5, 0.6) is 0 Å². The number of carboxylic acid groups (broad SMARTS) is 1. The zero-order valence-electron chi connectivity index (χ0n) is 9.59. The fourth-order valence-electron chi connectivity index (χ4n) is 4.14. The van der Waals surface area contributed by atoms with Crippen LogP contribution in [-0.4, -0.2) is 23.7 Å². The number of esters is 1. The van der Waals surface area contributed by atoms with Gasteiger partial charge in [-0.05, 0) is 37.0 Å². The Balaban J connectivity index is 1.71. The van der Waals surface area contributed by atoms with E-state index in [1.165, 1.54) is 0 Å². The molecule has 3 rings (SSSR count). The molecule has 1 heterocycles. The quantitative estimate of drug-likeness (QED) is 0.595. The van der Waals surface area contributed by atoms with Crippen molar-refractivity contribution in [2.75, 3.05) is 6.61 Å². The highest BCUT2D eigenvalue weighted by molar-refractivity contribution is 5.85. The third-order valence-electron chi connectivity index (χ3n) is 4.81. The fraction of sp³-hybridized carbons (Fsp3) is 0.692. The van der Waals surface area contributed by atoms with Crippen molar-refractivity contribution in [2.45, 2.75) is 19.3 Å². The first-order valence-electron chi connectivity index (χ1n) is 6.15. The van der Waals surface area contributed by atoms with Gasteiger partial charge in [0, 0.05) is 11.5 Å². The number of carboxylic acids is 1. The molecule has 0 amide bonds. The van der Waals surface area contributed by atoms with E-state index in [9.17, 15) is 9.59 Å². The van der Waals surface area contributed by atoms with Gasteiger partial charge in [0.15, 0.2) is 0 Å². The molecule has 4 nitrogen and oxygen atoms in total. The number of fused-ring (bicyclic) bond motifs is 5. The van der Waals surface area contributed by atoms with E-state index in [0.29, 0.717) is 42.3 Å². The highest BCUT2D eigenvalue weighted by Crippen LogP contribution is 2.58. The molecule has 17 heavy (non-hydrogen) atoms. The topological polar surface area (TPSA) is 63.6 Å². The first kappa shape index (κ1) is 10.8. The van der Waals surface area contributed by atoms with E-state index in [2.05, 4.69) is 6.58 Å². The lowest BCUT2D eigenvalue weighted by Gasteiger charge is -2.28. The molecule has 4 heteroatoms. The van der Waals surface area contributed by atoms with Crippen LogP contribution in [0.1, 0.15) is 19.3 Å². The van der Waals surface area contributed by atoms with Gasteiger partial charge in [0.1, 0.15) is 0 Å². The molecule has 0 spiro atoms. The predicted octanol–water partition coefficient (Wildman–Crippen LogP) is 1.46. The maximum atomic E-state index is 11.5. The van der Waals surface area contributed by atoms with Crippen LogP contribution >= 0.6 is 0 Å². The third-order valence-corrected chi connectivity index (χ3v) is 4.81. The van der Waals surface area contributed by atoms with Gasteiger partial charge in [0.2, 0.25) is 0 Å². The molecule has 1 saturated heterocycles. The highest BCUT2D eigenvalue weighted by atomic mass is 16.5. The van der Waals surface area contributed by atoms with Crippen molar-refractivity contribution in [1.82, 2.24) is 0 Å². The second-order valence-corrected chi connectivity index (χ2v) is 5.59. The number of carbonyl (C=O) groups is 2. The van der Waals surface area contributed by atoms with Crippen LogP contribution in [-0.2, 0) is 14.3 Å². The Kier molecular flexibility index (Phi) is 2.28. The molecule has 3 fully saturated rings. The number of aliphatic carboxylic acids is 1. The van der Waals surface area contributed by atoms with Gasteiger partial charge in [0.25, 0.3) is 0 Å². The molecule has 5 atom stereocenters. The van der Waals surface area contributed by atoms with E-state index >= 15 is 0 Å². The van der Waals surface area contributed by atoms with Crippen LogP contribution in [0, 0.1) is 29.6 Å². The molecule has 92 valence electrons. The Hall–Kier alpha value is -1.32. The van der Waals surface area contributed by atoms with Crippen molar-refractivity contribution in [2.24, 2.45) is 29.6 Å².